The summed E-state index contributed by atoms with van der Waals surface area (Å²) < 4.78 is 22.9. The molecule has 0 aliphatic heterocycles. The first-order valence-electron chi connectivity index (χ1n) is 8.03. The predicted octanol–water partition coefficient (Wildman–Crippen LogP) is 3.90. The monoisotopic (exact) mass is 337 g/mol. The summed E-state index contributed by atoms with van der Waals surface area (Å²) in [6.07, 6.45) is 7.05. The molecular weight excluding hydrogens is 318 g/mol. The molecule has 0 bridgehead atoms. The molecule has 3 nitrogen and oxygen atoms in total. The van der Waals surface area contributed by atoms with Gasteiger partial charge in [0.2, 0.25) is 10.0 Å². The van der Waals surface area contributed by atoms with Gasteiger partial charge in [0.15, 0.2) is 0 Å². The van der Waals surface area contributed by atoms with Crippen molar-refractivity contribution in [3.63, 3.8) is 0 Å². The van der Waals surface area contributed by atoms with Gasteiger partial charge in [0.05, 0.1) is 4.90 Å². The summed E-state index contributed by atoms with van der Waals surface area (Å²) in [5.74, 6) is 0. The van der Waals surface area contributed by atoms with E-state index in [2.05, 4.69) is 43.3 Å². The average molecular weight is 337 g/mol. The van der Waals surface area contributed by atoms with Crippen molar-refractivity contribution in [2.45, 2.75) is 24.7 Å². The maximum atomic E-state index is 11.4. The number of hydrogen-bond donors (Lipinski definition) is 1. The minimum Gasteiger partial charge on any atom is -0.225 e. The Kier molecular flexibility index (Phi) is 3.31. The summed E-state index contributed by atoms with van der Waals surface area (Å²) >= 11 is 0. The van der Waals surface area contributed by atoms with Crippen molar-refractivity contribution in [1.29, 1.82) is 0 Å². The largest absolute Gasteiger partial charge is 0.238 e. The van der Waals surface area contributed by atoms with Gasteiger partial charge in [-0.3, -0.25) is 0 Å². The second-order valence-electron chi connectivity index (χ2n) is 6.78. The molecule has 0 amide bonds. The van der Waals surface area contributed by atoms with Crippen molar-refractivity contribution >= 4 is 21.2 Å². The van der Waals surface area contributed by atoms with Crippen molar-refractivity contribution in [2.24, 2.45) is 10.6 Å². The van der Waals surface area contributed by atoms with E-state index in [-0.39, 0.29) is 10.3 Å². The van der Waals surface area contributed by atoms with Crippen LogP contribution in [0.25, 0.3) is 11.1 Å². The van der Waals surface area contributed by atoms with Gasteiger partial charge in [-0.1, -0.05) is 54.1 Å². The molecular formula is C20H19NO2S. The number of aryl methyl sites for hydroxylation is 1. The quantitative estimate of drug-likeness (QED) is 0.923. The lowest BCUT2D eigenvalue weighted by molar-refractivity contribution is 0.598. The molecule has 1 spiro atoms. The number of rotatable bonds is 3. The molecule has 0 radical (unpaired) electrons. The second kappa shape index (κ2) is 5.16. The van der Waals surface area contributed by atoms with Gasteiger partial charge in [0.1, 0.15) is 0 Å². The van der Waals surface area contributed by atoms with Crippen LogP contribution in [0.2, 0.25) is 0 Å². The molecule has 24 heavy (non-hydrogen) atoms. The maximum absolute atomic E-state index is 11.4. The van der Waals surface area contributed by atoms with Crippen LogP contribution in [-0.4, -0.2) is 8.42 Å². The Morgan fingerprint density at radius 2 is 1.29 bits per heavy atom. The van der Waals surface area contributed by atoms with E-state index in [1.807, 2.05) is 12.1 Å². The highest BCUT2D eigenvalue weighted by Gasteiger charge is 2.43. The summed E-state index contributed by atoms with van der Waals surface area (Å²) in [4.78, 5) is 0.145. The number of sulfonamides is 1. The average Bonchev–Trinajstić information content (AvgIpc) is 3.19. The zero-order chi connectivity index (χ0) is 16.9. The Labute approximate surface area is 142 Å². The van der Waals surface area contributed by atoms with Gasteiger partial charge in [-0.05, 0) is 54.2 Å². The zero-order valence-corrected chi connectivity index (χ0v) is 14.3. The number of primary sulfonamides is 1. The van der Waals surface area contributed by atoms with Gasteiger partial charge >= 0.3 is 0 Å². The van der Waals surface area contributed by atoms with Gasteiger partial charge in [-0.2, -0.15) is 0 Å². The van der Waals surface area contributed by atoms with Gasteiger partial charge in [-0.25, -0.2) is 13.6 Å². The first-order valence-corrected chi connectivity index (χ1v) is 9.57. The molecule has 2 aliphatic carbocycles. The van der Waals surface area contributed by atoms with E-state index in [0.29, 0.717) is 0 Å². The fourth-order valence-corrected chi connectivity index (χ4v) is 3.76. The molecule has 122 valence electrons. The van der Waals surface area contributed by atoms with Gasteiger partial charge in [-0.15, -0.1) is 0 Å². The van der Waals surface area contributed by atoms with Crippen LogP contribution in [0.3, 0.4) is 0 Å². The number of allylic oxidation sites excluding steroid dienone is 4. The normalized spacial score (nSPS) is 18.4. The number of benzene rings is 2. The molecule has 1 saturated carbocycles. The van der Waals surface area contributed by atoms with Crippen LogP contribution in [0.4, 0.5) is 0 Å². The predicted molar refractivity (Wildman–Crippen MR) is 96.6 cm³/mol. The van der Waals surface area contributed by atoms with Crippen LogP contribution in [0, 0.1) is 12.3 Å². The molecule has 0 atom stereocenters. The topological polar surface area (TPSA) is 60.2 Å². The fourth-order valence-electron chi connectivity index (χ4n) is 3.24. The van der Waals surface area contributed by atoms with Crippen molar-refractivity contribution in [3.8, 4) is 0 Å². The van der Waals surface area contributed by atoms with E-state index < -0.39 is 10.0 Å². The van der Waals surface area contributed by atoms with Gasteiger partial charge < -0.3 is 0 Å². The smallest absolute Gasteiger partial charge is 0.225 e. The van der Waals surface area contributed by atoms with E-state index in [1.165, 1.54) is 35.1 Å². The minimum absolute atomic E-state index is 0.145. The second-order valence-corrected chi connectivity index (χ2v) is 8.35. The first kappa shape index (κ1) is 15.4. The summed E-state index contributed by atoms with van der Waals surface area (Å²) in [6, 6.07) is 15.4. The highest BCUT2D eigenvalue weighted by atomic mass is 32.2. The standard InChI is InChI=1S/C20H19NO2S/c1-14-2-4-15(5-3-14)18-12-20(10-11-20)13-19(18)16-6-8-17(9-7-16)24(21,22)23/h2-9,12-13H,10-11H2,1H3,(H2,21,22,23). The lowest BCUT2D eigenvalue weighted by atomic mass is 9.94. The van der Waals surface area contributed by atoms with Crippen LogP contribution in [0.5, 0.6) is 0 Å². The summed E-state index contributed by atoms with van der Waals surface area (Å²) in [5, 5.41) is 5.19. The fraction of sp³-hybridized carbons (Fsp3) is 0.200. The molecule has 0 aromatic heterocycles. The van der Waals surface area contributed by atoms with Crippen molar-refractivity contribution in [2.75, 3.05) is 0 Å². The van der Waals surface area contributed by atoms with E-state index in [1.54, 1.807) is 12.1 Å². The molecule has 1 fully saturated rings. The molecule has 0 saturated heterocycles. The molecule has 2 aliphatic rings. The van der Waals surface area contributed by atoms with E-state index >= 15 is 0 Å². The van der Waals surface area contributed by atoms with E-state index in [0.717, 1.165) is 5.56 Å². The van der Waals surface area contributed by atoms with Crippen molar-refractivity contribution in [3.05, 3.63) is 77.4 Å². The lowest BCUT2D eigenvalue weighted by Crippen LogP contribution is -2.11. The summed E-state index contributed by atoms with van der Waals surface area (Å²) in [5.41, 5.74) is 6.08. The molecule has 2 aromatic rings. The molecule has 0 unspecified atom stereocenters. The van der Waals surface area contributed by atoms with Crippen LogP contribution in [-0.2, 0) is 10.0 Å². The Bertz CT molecular complexity index is 961. The van der Waals surface area contributed by atoms with Crippen molar-refractivity contribution in [1.82, 2.24) is 0 Å². The summed E-state index contributed by atoms with van der Waals surface area (Å²) in [7, 11) is -3.66. The van der Waals surface area contributed by atoms with Crippen LogP contribution < -0.4 is 5.14 Å². The van der Waals surface area contributed by atoms with E-state index in [4.69, 9.17) is 5.14 Å². The Morgan fingerprint density at radius 1 is 0.833 bits per heavy atom. The third-order valence-electron chi connectivity index (χ3n) is 4.84. The Morgan fingerprint density at radius 3 is 1.71 bits per heavy atom. The Balaban J connectivity index is 1.76. The highest BCUT2D eigenvalue weighted by molar-refractivity contribution is 7.89. The molecule has 4 rings (SSSR count). The summed E-state index contributed by atoms with van der Waals surface area (Å²) in [6.45, 7) is 2.08. The van der Waals surface area contributed by atoms with Crippen LogP contribution in [0.15, 0.2) is 65.6 Å². The lowest BCUT2D eigenvalue weighted by Gasteiger charge is -2.10. The highest BCUT2D eigenvalue weighted by Crippen LogP contribution is 2.57. The van der Waals surface area contributed by atoms with Gasteiger partial charge in [0, 0.05) is 5.41 Å². The maximum Gasteiger partial charge on any atom is 0.238 e. The van der Waals surface area contributed by atoms with Gasteiger partial charge in [0.25, 0.3) is 0 Å². The van der Waals surface area contributed by atoms with Crippen LogP contribution in [0.1, 0.15) is 29.5 Å². The third kappa shape index (κ3) is 2.72. The molecule has 4 heteroatoms. The Hall–Kier alpha value is -2.17. The third-order valence-corrected chi connectivity index (χ3v) is 5.77. The SMILES string of the molecule is Cc1ccc(C2=CC3(C=C2c2ccc(S(N)(=O)=O)cc2)CC3)cc1. The number of hydrogen-bond acceptors (Lipinski definition) is 2. The zero-order valence-electron chi connectivity index (χ0n) is 13.5. The molecule has 2 aromatic carbocycles. The first-order chi connectivity index (χ1) is 11.4. The number of nitrogens with two attached hydrogens (primary N) is 1. The van der Waals surface area contributed by atoms with Crippen LogP contribution >= 0.6 is 0 Å². The van der Waals surface area contributed by atoms with Crippen molar-refractivity contribution < 1.29 is 8.42 Å². The minimum atomic E-state index is -3.66. The molecule has 0 heterocycles. The van der Waals surface area contributed by atoms with E-state index in [9.17, 15) is 8.42 Å². The molecule has 2 N–H and O–H groups in total.